The minimum Gasteiger partial charge on any atom is -0.507 e. The van der Waals surface area contributed by atoms with Crippen molar-refractivity contribution in [2.24, 2.45) is 5.92 Å². The summed E-state index contributed by atoms with van der Waals surface area (Å²) in [5.74, 6) is -3.10. The summed E-state index contributed by atoms with van der Waals surface area (Å²) in [5.41, 5.74) is -0.516. The molecule has 1 saturated heterocycles. The molecule has 0 saturated carbocycles. The van der Waals surface area contributed by atoms with E-state index < -0.39 is 28.9 Å². The van der Waals surface area contributed by atoms with Crippen molar-refractivity contribution in [3.05, 3.63) is 29.3 Å². The van der Waals surface area contributed by atoms with Gasteiger partial charge in [0.15, 0.2) is 0 Å². The number of halogens is 2. The molecule has 1 amide bonds. The van der Waals surface area contributed by atoms with Crippen LogP contribution in [0.3, 0.4) is 0 Å². The molecule has 1 fully saturated rings. The Morgan fingerprint density at radius 1 is 1.25 bits per heavy atom. The van der Waals surface area contributed by atoms with Gasteiger partial charge in [0.05, 0.1) is 0 Å². The van der Waals surface area contributed by atoms with Gasteiger partial charge in [-0.05, 0) is 13.0 Å². The molecule has 0 aliphatic carbocycles. The van der Waals surface area contributed by atoms with Gasteiger partial charge in [0.1, 0.15) is 22.9 Å². The van der Waals surface area contributed by atoms with E-state index in [4.69, 9.17) is 0 Å². The molecule has 1 aliphatic rings. The quantitative estimate of drug-likeness (QED) is 0.855. The highest BCUT2D eigenvalue weighted by atomic mass is 19.1. The number of nitrogens with zero attached hydrogens (tertiary/aromatic N) is 2. The van der Waals surface area contributed by atoms with Crippen molar-refractivity contribution >= 4 is 5.91 Å². The number of likely N-dealkylation sites (N-methyl/N-ethyl adjacent to an activating group) is 1. The van der Waals surface area contributed by atoms with Gasteiger partial charge in [0.25, 0.3) is 5.91 Å². The number of benzene rings is 1. The number of carbonyl (C=O) groups excluding carboxylic acids is 1. The first-order chi connectivity index (χ1) is 11.3. The first kappa shape index (κ1) is 18.6. The molecule has 1 aromatic rings. The molecule has 0 bridgehead atoms. The summed E-state index contributed by atoms with van der Waals surface area (Å²) in [7, 11) is 2.07. The van der Waals surface area contributed by atoms with Crippen LogP contribution in [0.15, 0.2) is 12.1 Å². The molecule has 0 spiro atoms. The van der Waals surface area contributed by atoms with Crippen LogP contribution in [0.4, 0.5) is 8.78 Å². The normalized spacial score (nSPS) is 17.9. The van der Waals surface area contributed by atoms with Gasteiger partial charge in [-0.25, -0.2) is 8.78 Å². The van der Waals surface area contributed by atoms with E-state index in [0.717, 1.165) is 32.2 Å². The molecule has 5 nitrogen and oxygen atoms in total. The number of piperazine rings is 1. The largest absolute Gasteiger partial charge is 0.507 e. The van der Waals surface area contributed by atoms with E-state index in [1.165, 1.54) is 0 Å². The fraction of sp³-hybridized carbons (Fsp3) is 0.588. The molecular formula is C17H25F2N3O2. The van der Waals surface area contributed by atoms with E-state index in [2.05, 4.69) is 36.0 Å². The van der Waals surface area contributed by atoms with E-state index in [1.54, 1.807) is 0 Å². The smallest absolute Gasteiger partial charge is 0.258 e. The molecule has 24 heavy (non-hydrogen) atoms. The van der Waals surface area contributed by atoms with Crippen molar-refractivity contribution in [2.75, 3.05) is 39.8 Å². The second-order valence-corrected chi connectivity index (χ2v) is 6.64. The molecule has 0 radical (unpaired) electrons. The van der Waals surface area contributed by atoms with Gasteiger partial charge < -0.3 is 15.3 Å². The number of amides is 1. The van der Waals surface area contributed by atoms with Crippen LogP contribution in [0, 0.1) is 17.6 Å². The zero-order valence-corrected chi connectivity index (χ0v) is 14.4. The van der Waals surface area contributed by atoms with Gasteiger partial charge in [-0.15, -0.1) is 0 Å². The van der Waals surface area contributed by atoms with Crippen molar-refractivity contribution in [3.8, 4) is 5.75 Å². The highest BCUT2D eigenvalue weighted by Gasteiger charge is 2.26. The molecule has 134 valence electrons. The first-order valence-corrected chi connectivity index (χ1v) is 8.18. The maximum absolute atomic E-state index is 13.8. The summed E-state index contributed by atoms with van der Waals surface area (Å²) in [6, 6.07) is 1.45. The number of phenolic OH excluding ortho intramolecular Hbond substituents is 1. The number of hydrogen-bond donors (Lipinski definition) is 2. The maximum Gasteiger partial charge on any atom is 0.258 e. The third-order valence-corrected chi connectivity index (χ3v) is 4.51. The monoisotopic (exact) mass is 341 g/mol. The Kier molecular flexibility index (Phi) is 6.12. The fourth-order valence-electron chi connectivity index (χ4n) is 3.01. The van der Waals surface area contributed by atoms with Crippen molar-refractivity contribution in [1.29, 1.82) is 0 Å². The molecule has 1 heterocycles. The average molecular weight is 341 g/mol. The predicted octanol–water partition coefficient (Wildman–Crippen LogP) is 1.67. The Morgan fingerprint density at radius 3 is 2.42 bits per heavy atom. The molecule has 1 atom stereocenters. The number of rotatable bonds is 5. The molecule has 7 heteroatoms. The summed E-state index contributed by atoms with van der Waals surface area (Å²) >= 11 is 0. The van der Waals surface area contributed by atoms with Crippen LogP contribution < -0.4 is 5.32 Å². The van der Waals surface area contributed by atoms with Crippen LogP contribution in [-0.4, -0.2) is 66.6 Å². The van der Waals surface area contributed by atoms with E-state index in [9.17, 15) is 18.7 Å². The number of aromatic hydroxyl groups is 1. The highest BCUT2D eigenvalue weighted by Crippen LogP contribution is 2.22. The van der Waals surface area contributed by atoms with Gasteiger partial charge in [-0.2, -0.15) is 0 Å². The van der Waals surface area contributed by atoms with Crippen LogP contribution in [-0.2, 0) is 0 Å². The van der Waals surface area contributed by atoms with Crippen molar-refractivity contribution < 1.29 is 18.7 Å². The number of carbonyl (C=O) groups is 1. The number of phenols is 1. The summed E-state index contributed by atoms with van der Waals surface area (Å²) in [6.45, 7) is 8.23. The standard InChI is InChI=1S/C17H25F2N3O2/c1-11(2)14(22-6-4-21(3)5-7-22)10-20-17(24)16-13(19)8-12(18)9-15(16)23/h8-9,11,14,23H,4-7,10H2,1-3H3,(H,20,24). The van der Waals surface area contributed by atoms with E-state index in [1.807, 2.05) is 0 Å². The van der Waals surface area contributed by atoms with Gasteiger partial charge in [-0.1, -0.05) is 13.8 Å². The van der Waals surface area contributed by atoms with Crippen molar-refractivity contribution in [3.63, 3.8) is 0 Å². The lowest BCUT2D eigenvalue weighted by Crippen LogP contribution is -2.54. The zero-order chi connectivity index (χ0) is 17.9. The van der Waals surface area contributed by atoms with E-state index in [0.29, 0.717) is 18.5 Å². The Morgan fingerprint density at radius 2 is 1.88 bits per heavy atom. The second kappa shape index (κ2) is 7.90. The number of nitrogens with one attached hydrogen (secondary N) is 1. The average Bonchev–Trinajstić information content (AvgIpc) is 2.47. The van der Waals surface area contributed by atoms with Gasteiger partial charge >= 0.3 is 0 Å². The van der Waals surface area contributed by atoms with Crippen LogP contribution in [0.1, 0.15) is 24.2 Å². The SMILES string of the molecule is CC(C)C(CNC(=O)c1c(O)cc(F)cc1F)N1CCN(C)CC1. The Balaban J connectivity index is 2.03. The van der Waals surface area contributed by atoms with Crippen LogP contribution in [0.2, 0.25) is 0 Å². The summed E-state index contributed by atoms with van der Waals surface area (Å²) < 4.78 is 26.8. The van der Waals surface area contributed by atoms with Gasteiger partial charge in [-0.3, -0.25) is 9.69 Å². The molecule has 1 aromatic carbocycles. The molecular weight excluding hydrogens is 316 g/mol. The topological polar surface area (TPSA) is 55.8 Å². The molecule has 1 unspecified atom stereocenters. The first-order valence-electron chi connectivity index (χ1n) is 8.18. The lowest BCUT2D eigenvalue weighted by molar-refractivity contribution is 0.0787. The zero-order valence-electron chi connectivity index (χ0n) is 14.4. The minimum absolute atomic E-state index is 0.119. The van der Waals surface area contributed by atoms with E-state index >= 15 is 0 Å². The predicted molar refractivity (Wildman–Crippen MR) is 88.1 cm³/mol. The third kappa shape index (κ3) is 4.42. The highest BCUT2D eigenvalue weighted by molar-refractivity contribution is 5.97. The Bertz CT molecular complexity index is 564. The van der Waals surface area contributed by atoms with E-state index in [-0.39, 0.29) is 6.04 Å². The van der Waals surface area contributed by atoms with Crippen LogP contribution >= 0.6 is 0 Å². The van der Waals surface area contributed by atoms with Crippen molar-refractivity contribution in [2.45, 2.75) is 19.9 Å². The molecule has 2 N–H and O–H groups in total. The molecule has 0 aromatic heterocycles. The van der Waals surface area contributed by atoms with Crippen molar-refractivity contribution in [1.82, 2.24) is 15.1 Å². The third-order valence-electron chi connectivity index (χ3n) is 4.51. The minimum atomic E-state index is -1.06. The lowest BCUT2D eigenvalue weighted by atomic mass is 10.0. The van der Waals surface area contributed by atoms with Gasteiger partial charge in [0.2, 0.25) is 0 Å². The lowest BCUT2D eigenvalue weighted by Gasteiger charge is -2.39. The molecule has 1 aliphatic heterocycles. The summed E-state index contributed by atoms with van der Waals surface area (Å²) in [4.78, 5) is 16.8. The molecule has 2 rings (SSSR count). The second-order valence-electron chi connectivity index (χ2n) is 6.64. The maximum atomic E-state index is 13.8. The Hall–Kier alpha value is -1.73. The number of hydrogen-bond acceptors (Lipinski definition) is 4. The van der Waals surface area contributed by atoms with Crippen LogP contribution in [0.5, 0.6) is 5.75 Å². The van der Waals surface area contributed by atoms with Crippen LogP contribution in [0.25, 0.3) is 0 Å². The fourth-order valence-corrected chi connectivity index (χ4v) is 3.01. The van der Waals surface area contributed by atoms with Gasteiger partial charge in [0, 0.05) is 50.9 Å². The Labute approximate surface area is 141 Å². The summed E-state index contributed by atoms with van der Waals surface area (Å²) in [5, 5.41) is 12.3. The summed E-state index contributed by atoms with van der Waals surface area (Å²) in [6.07, 6.45) is 0.